The number of esters is 1. The quantitative estimate of drug-likeness (QED) is 0.124. The molecule has 4 aliphatic carbocycles. The zero-order chi connectivity index (χ0) is 29.3. The van der Waals surface area contributed by atoms with Gasteiger partial charge in [-0.25, -0.2) is 0 Å². The van der Waals surface area contributed by atoms with Crippen molar-refractivity contribution < 1.29 is 32.5 Å². The summed E-state index contributed by atoms with van der Waals surface area (Å²) in [6.07, 6.45) is 18.0. The molecule has 0 spiro atoms. The molecule has 230 valence electrons. The third-order valence-electron chi connectivity index (χ3n) is 11.2. The van der Waals surface area contributed by atoms with Gasteiger partial charge in [0.1, 0.15) is 11.2 Å². The highest BCUT2D eigenvalue weighted by molar-refractivity contribution is 6.04. The molecule has 2 saturated carbocycles. The van der Waals surface area contributed by atoms with Crippen LogP contribution in [0.3, 0.4) is 0 Å². The molecule has 2 fully saturated rings. The summed E-state index contributed by atoms with van der Waals surface area (Å²) in [7, 11) is 0. The van der Waals surface area contributed by atoms with Gasteiger partial charge in [-0.3, -0.25) is 9.59 Å². The predicted octanol–water partition coefficient (Wildman–Crippen LogP) is 6.70. The fraction of sp³-hybridized carbons (Fsp3) is 0.824. The van der Waals surface area contributed by atoms with E-state index in [4.69, 9.17) is 4.74 Å². The lowest BCUT2D eigenvalue weighted by atomic mass is 9.60. The summed E-state index contributed by atoms with van der Waals surface area (Å²) in [4.78, 5) is 26.2. The number of aliphatic hydroxyl groups excluding tert-OH is 1. The summed E-state index contributed by atoms with van der Waals surface area (Å²) in [6.45, 7) is 9.77. The number of ketones is 1. The van der Waals surface area contributed by atoms with Crippen molar-refractivity contribution in [3.8, 4) is 0 Å². The van der Waals surface area contributed by atoms with Crippen LogP contribution in [-0.4, -0.2) is 50.5 Å². The predicted molar refractivity (Wildman–Crippen MR) is 161 cm³/mol. The Kier molecular flexibility index (Phi) is 9.44. The Bertz CT molecular complexity index is 1020. The smallest absolute Gasteiger partial charge is 0.306 e. The number of carbonyl (C=O) groups excluding carboxylic acids is 2. The fourth-order valence-corrected chi connectivity index (χ4v) is 8.79. The normalized spacial score (nSPS) is 37.5. The first-order chi connectivity index (χ1) is 18.9. The third-order valence-corrected chi connectivity index (χ3v) is 11.2. The second-order valence-corrected chi connectivity index (χ2v) is 14.1. The molecule has 0 heterocycles. The number of carbonyl (C=O) groups is 2. The SMILES string of the molecule is CCCCCCCCCCCCCC(=O)O[C@@]12C[C@@H](C)[C@]3(O)[C@H]4C=C(C)C(=O)[C@@]4(O)CC(CO)=C[C@H]3[C@@H]1C2(C)C.[HH].[HH]. The van der Waals surface area contributed by atoms with Gasteiger partial charge in [0, 0.05) is 38.9 Å². The number of rotatable bonds is 14. The molecule has 0 unspecified atom stereocenters. The van der Waals surface area contributed by atoms with Crippen molar-refractivity contribution in [3.05, 3.63) is 23.3 Å². The maximum atomic E-state index is 13.1. The van der Waals surface area contributed by atoms with Gasteiger partial charge < -0.3 is 20.1 Å². The van der Waals surface area contributed by atoms with E-state index in [9.17, 15) is 24.9 Å². The minimum atomic E-state index is -1.76. The molecule has 0 aromatic heterocycles. The zero-order valence-electron chi connectivity index (χ0n) is 25.6. The summed E-state index contributed by atoms with van der Waals surface area (Å²) in [5, 5.41) is 34.2. The number of aliphatic hydroxyl groups is 3. The minimum Gasteiger partial charge on any atom is -0.458 e. The van der Waals surface area contributed by atoms with Crippen molar-refractivity contribution in [1.29, 1.82) is 0 Å². The maximum absolute atomic E-state index is 13.1. The fourth-order valence-electron chi connectivity index (χ4n) is 8.79. The van der Waals surface area contributed by atoms with E-state index in [1.54, 1.807) is 13.0 Å². The monoisotopic (exact) mass is 562 g/mol. The molecule has 0 aromatic carbocycles. The average molecular weight is 563 g/mol. The van der Waals surface area contributed by atoms with Crippen molar-refractivity contribution in [2.75, 3.05) is 6.61 Å². The summed E-state index contributed by atoms with van der Waals surface area (Å²) >= 11 is 0. The lowest BCUT2D eigenvalue weighted by Crippen LogP contribution is -2.61. The van der Waals surface area contributed by atoms with Crippen LogP contribution in [0.25, 0.3) is 0 Å². The summed E-state index contributed by atoms with van der Waals surface area (Å²) in [5.41, 5.74) is -3.20. The summed E-state index contributed by atoms with van der Waals surface area (Å²) < 4.78 is 6.33. The Balaban J connectivity index is 0.00000308. The Labute approximate surface area is 244 Å². The van der Waals surface area contributed by atoms with Gasteiger partial charge in [-0.05, 0) is 36.8 Å². The molecule has 6 nitrogen and oxygen atoms in total. The zero-order valence-corrected chi connectivity index (χ0v) is 25.6. The standard InChI is InChI=1S/C34H54O6.2H2/c1-6-7-8-9-10-11-12-13-14-15-16-17-28(36)40-33-20-24(3)34(39)26(29(33)31(33,4)5)19-25(22-35)21-32(38)27(34)18-23(2)30(32)37;;/h18-19,24,26-27,29,35,38-39H,6-17,20-22H2,1-5H3;2*1H/t24-,26+,27+,29-,32-,33+,34-;;/m1../s1. The highest BCUT2D eigenvalue weighted by Crippen LogP contribution is 2.76. The van der Waals surface area contributed by atoms with E-state index in [0.717, 1.165) is 19.3 Å². The number of unbranched alkanes of at least 4 members (excludes halogenated alkanes) is 10. The topological polar surface area (TPSA) is 104 Å². The second kappa shape index (κ2) is 12.0. The van der Waals surface area contributed by atoms with Gasteiger partial charge in [0.2, 0.25) is 0 Å². The molecule has 0 bridgehead atoms. The first-order valence-corrected chi connectivity index (χ1v) is 16.1. The number of fused-ring (bicyclic) bond motifs is 5. The Morgan fingerprint density at radius 3 is 2.15 bits per heavy atom. The van der Waals surface area contributed by atoms with Gasteiger partial charge in [0.05, 0.1) is 12.2 Å². The van der Waals surface area contributed by atoms with E-state index >= 15 is 0 Å². The van der Waals surface area contributed by atoms with E-state index < -0.39 is 28.6 Å². The number of hydrogen-bond donors (Lipinski definition) is 3. The molecular formula is C34H58O6. The lowest BCUT2D eigenvalue weighted by Gasteiger charge is -2.50. The van der Waals surface area contributed by atoms with Gasteiger partial charge in [-0.2, -0.15) is 0 Å². The van der Waals surface area contributed by atoms with Crippen LogP contribution in [0.4, 0.5) is 0 Å². The van der Waals surface area contributed by atoms with E-state index in [1.807, 2.05) is 13.0 Å². The van der Waals surface area contributed by atoms with Crippen LogP contribution >= 0.6 is 0 Å². The van der Waals surface area contributed by atoms with Crippen LogP contribution in [0.2, 0.25) is 0 Å². The molecule has 0 aliphatic heterocycles. The lowest BCUT2D eigenvalue weighted by molar-refractivity contribution is -0.187. The molecule has 0 radical (unpaired) electrons. The largest absolute Gasteiger partial charge is 0.458 e. The van der Waals surface area contributed by atoms with Crippen molar-refractivity contribution >= 4 is 11.8 Å². The van der Waals surface area contributed by atoms with Gasteiger partial charge in [-0.15, -0.1) is 0 Å². The Morgan fingerprint density at radius 1 is 1.00 bits per heavy atom. The Hall–Kier alpha value is -1.50. The van der Waals surface area contributed by atoms with Crippen LogP contribution in [0.1, 0.15) is 127 Å². The molecule has 6 heteroatoms. The van der Waals surface area contributed by atoms with E-state index in [1.165, 1.54) is 51.4 Å². The molecule has 4 rings (SSSR count). The van der Waals surface area contributed by atoms with Crippen LogP contribution in [0.15, 0.2) is 23.3 Å². The van der Waals surface area contributed by atoms with Crippen LogP contribution in [-0.2, 0) is 14.3 Å². The molecule has 7 atom stereocenters. The molecule has 0 aromatic rings. The number of Topliss-reactive ketones (excluding diaryl/α,β-unsaturated/α-hetero) is 1. The molecule has 4 aliphatic rings. The van der Waals surface area contributed by atoms with Crippen molar-refractivity contribution in [2.24, 2.45) is 29.1 Å². The van der Waals surface area contributed by atoms with Crippen LogP contribution in [0.5, 0.6) is 0 Å². The molecule has 0 saturated heterocycles. The van der Waals surface area contributed by atoms with Crippen LogP contribution < -0.4 is 0 Å². The van der Waals surface area contributed by atoms with Gasteiger partial charge in [0.15, 0.2) is 5.78 Å². The molecule has 0 amide bonds. The van der Waals surface area contributed by atoms with Gasteiger partial charge in [0.25, 0.3) is 0 Å². The summed E-state index contributed by atoms with van der Waals surface area (Å²) in [6, 6.07) is 0. The third kappa shape index (κ3) is 5.26. The first kappa shape index (κ1) is 31.4. The number of hydrogen-bond acceptors (Lipinski definition) is 6. The molecular weight excluding hydrogens is 504 g/mol. The first-order valence-electron chi connectivity index (χ1n) is 16.1. The van der Waals surface area contributed by atoms with Gasteiger partial charge >= 0.3 is 5.97 Å². The Morgan fingerprint density at radius 2 is 1.57 bits per heavy atom. The maximum Gasteiger partial charge on any atom is 0.306 e. The van der Waals surface area contributed by atoms with Gasteiger partial charge in [-0.1, -0.05) is 104 Å². The van der Waals surface area contributed by atoms with E-state index in [-0.39, 0.29) is 44.9 Å². The number of ether oxygens (including phenoxy) is 1. The average Bonchev–Trinajstić information content (AvgIpc) is 3.31. The van der Waals surface area contributed by atoms with E-state index in [2.05, 4.69) is 20.8 Å². The van der Waals surface area contributed by atoms with Crippen LogP contribution in [0, 0.1) is 29.1 Å². The van der Waals surface area contributed by atoms with Crippen molar-refractivity contribution in [2.45, 2.75) is 141 Å². The highest BCUT2D eigenvalue weighted by atomic mass is 16.6. The minimum absolute atomic E-state index is 0. The second-order valence-electron chi connectivity index (χ2n) is 14.1. The molecule has 40 heavy (non-hydrogen) atoms. The van der Waals surface area contributed by atoms with Crippen molar-refractivity contribution in [3.63, 3.8) is 0 Å². The highest BCUT2D eigenvalue weighted by Gasteiger charge is 2.83. The van der Waals surface area contributed by atoms with E-state index in [0.29, 0.717) is 24.0 Å². The van der Waals surface area contributed by atoms with Crippen molar-refractivity contribution in [1.82, 2.24) is 0 Å². The molecule has 3 N–H and O–H groups in total. The summed E-state index contributed by atoms with van der Waals surface area (Å²) in [5.74, 6) is -2.25.